The summed E-state index contributed by atoms with van der Waals surface area (Å²) in [5.74, 6) is 2.40. The smallest absolute Gasteiger partial charge is 0.230 e. The van der Waals surface area contributed by atoms with E-state index in [1.165, 1.54) is 12.8 Å². The maximum Gasteiger partial charge on any atom is 0.230 e. The summed E-state index contributed by atoms with van der Waals surface area (Å²) >= 11 is 0. The highest BCUT2D eigenvalue weighted by Gasteiger charge is 2.26. The first-order chi connectivity index (χ1) is 10.3. The lowest BCUT2D eigenvalue weighted by molar-refractivity contribution is 0.284. The molecule has 0 spiro atoms. The fraction of sp³-hybridized carbons (Fsp3) is 0.600. The van der Waals surface area contributed by atoms with Gasteiger partial charge >= 0.3 is 0 Å². The Morgan fingerprint density at radius 3 is 2.76 bits per heavy atom. The third kappa shape index (κ3) is 3.26. The van der Waals surface area contributed by atoms with Crippen LogP contribution in [0.25, 0.3) is 11.5 Å². The molecule has 1 saturated carbocycles. The lowest BCUT2D eigenvalue weighted by Crippen LogP contribution is -2.32. The standard InChI is InChI=1S/C15H21N5O/c1-3-16-12-6-4-11(5-7-12)15-19-14(20-21-15)13-8-9-17-10(2)18-13/h8-9,11-12,16H,3-7H2,1-2H3. The highest BCUT2D eigenvalue weighted by atomic mass is 16.5. The molecule has 1 fully saturated rings. The lowest BCUT2D eigenvalue weighted by atomic mass is 9.86. The first-order valence-electron chi connectivity index (χ1n) is 7.63. The van der Waals surface area contributed by atoms with Gasteiger partial charge in [0.1, 0.15) is 11.5 Å². The van der Waals surface area contributed by atoms with Crippen molar-refractivity contribution < 1.29 is 4.52 Å². The number of hydrogen-bond donors (Lipinski definition) is 1. The molecule has 3 rings (SSSR count). The van der Waals surface area contributed by atoms with E-state index in [4.69, 9.17) is 4.52 Å². The van der Waals surface area contributed by atoms with Crippen LogP contribution in [0.3, 0.4) is 0 Å². The largest absolute Gasteiger partial charge is 0.339 e. The van der Waals surface area contributed by atoms with Gasteiger partial charge in [-0.3, -0.25) is 0 Å². The predicted molar refractivity (Wildman–Crippen MR) is 78.7 cm³/mol. The monoisotopic (exact) mass is 287 g/mol. The molecule has 6 nitrogen and oxygen atoms in total. The van der Waals surface area contributed by atoms with Gasteiger partial charge in [-0.25, -0.2) is 9.97 Å². The van der Waals surface area contributed by atoms with Crippen molar-refractivity contribution in [2.24, 2.45) is 0 Å². The molecule has 112 valence electrons. The topological polar surface area (TPSA) is 76.7 Å². The minimum Gasteiger partial charge on any atom is -0.339 e. The lowest BCUT2D eigenvalue weighted by Gasteiger charge is -2.26. The second-order valence-corrected chi connectivity index (χ2v) is 5.55. The van der Waals surface area contributed by atoms with Crippen LogP contribution < -0.4 is 5.32 Å². The number of hydrogen-bond acceptors (Lipinski definition) is 6. The van der Waals surface area contributed by atoms with Crippen molar-refractivity contribution in [1.82, 2.24) is 25.4 Å². The van der Waals surface area contributed by atoms with Gasteiger partial charge in [0.25, 0.3) is 0 Å². The molecule has 0 aromatic carbocycles. The molecular weight excluding hydrogens is 266 g/mol. The molecule has 0 atom stereocenters. The third-order valence-corrected chi connectivity index (χ3v) is 4.02. The summed E-state index contributed by atoms with van der Waals surface area (Å²) in [6.07, 6.45) is 6.26. The molecule has 1 aliphatic carbocycles. The summed E-state index contributed by atoms with van der Waals surface area (Å²) in [5, 5.41) is 7.58. The number of nitrogens with zero attached hydrogens (tertiary/aromatic N) is 4. The molecule has 1 aliphatic rings. The Morgan fingerprint density at radius 1 is 1.24 bits per heavy atom. The Balaban J connectivity index is 1.68. The molecule has 2 heterocycles. The van der Waals surface area contributed by atoms with Crippen molar-refractivity contribution >= 4 is 0 Å². The number of rotatable bonds is 4. The molecule has 0 aliphatic heterocycles. The van der Waals surface area contributed by atoms with Crippen molar-refractivity contribution in [1.29, 1.82) is 0 Å². The van der Waals surface area contributed by atoms with Gasteiger partial charge in [-0.15, -0.1) is 0 Å². The maximum absolute atomic E-state index is 5.45. The van der Waals surface area contributed by atoms with Gasteiger partial charge in [0, 0.05) is 18.2 Å². The second kappa shape index (κ2) is 6.30. The second-order valence-electron chi connectivity index (χ2n) is 5.55. The van der Waals surface area contributed by atoms with Crippen LogP contribution in [0.2, 0.25) is 0 Å². The molecule has 0 unspecified atom stereocenters. The van der Waals surface area contributed by atoms with Gasteiger partial charge in [-0.05, 0) is 45.2 Å². The molecular formula is C15H21N5O. The van der Waals surface area contributed by atoms with E-state index in [-0.39, 0.29) is 0 Å². The summed E-state index contributed by atoms with van der Waals surface area (Å²) < 4.78 is 5.45. The van der Waals surface area contributed by atoms with Crippen molar-refractivity contribution in [3.05, 3.63) is 24.0 Å². The number of aromatic nitrogens is 4. The van der Waals surface area contributed by atoms with E-state index in [1.54, 1.807) is 6.20 Å². The summed E-state index contributed by atoms with van der Waals surface area (Å²) in [6.45, 7) is 5.04. The van der Waals surface area contributed by atoms with Gasteiger partial charge in [0.05, 0.1) is 0 Å². The number of nitrogens with one attached hydrogen (secondary N) is 1. The Labute approximate surface area is 124 Å². The number of aryl methyl sites for hydroxylation is 1. The molecule has 6 heteroatoms. The van der Waals surface area contributed by atoms with Crippen LogP contribution in [-0.2, 0) is 0 Å². The van der Waals surface area contributed by atoms with Crippen LogP contribution in [-0.4, -0.2) is 32.7 Å². The molecule has 0 bridgehead atoms. The van der Waals surface area contributed by atoms with Crippen LogP contribution in [0.4, 0.5) is 0 Å². The maximum atomic E-state index is 5.45. The summed E-state index contributed by atoms with van der Waals surface area (Å²) in [5.41, 5.74) is 0.721. The first-order valence-corrected chi connectivity index (χ1v) is 7.63. The SMILES string of the molecule is CCNC1CCC(c2nc(-c3ccnc(C)n3)no2)CC1. The Kier molecular flexibility index (Phi) is 4.24. The Morgan fingerprint density at radius 2 is 2.05 bits per heavy atom. The minimum atomic E-state index is 0.379. The molecule has 0 radical (unpaired) electrons. The normalized spacial score (nSPS) is 22.4. The van der Waals surface area contributed by atoms with Crippen LogP contribution in [0.5, 0.6) is 0 Å². The van der Waals surface area contributed by atoms with E-state index in [9.17, 15) is 0 Å². The molecule has 2 aromatic heterocycles. The molecule has 2 aromatic rings. The van der Waals surface area contributed by atoms with Crippen LogP contribution in [0, 0.1) is 6.92 Å². The van der Waals surface area contributed by atoms with Gasteiger partial charge < -0.3 is 9.84 Å². The zero-order valence-corrected chi connectivity index (χ0v) is 12.5. The van der Waals surface area contributed by atoms with E-state index in [0.29, 0.717) is 23.6 Å². The van der Waals surface area contributed by atoms with Crippen LogP contribution >= 0.6 is 0 Å². The summed E-state index contributed by atoms with van der Waals surface area (Å²) in [7, 11) is 0. The van der Waals surface area contributed by atoms with Gasteiger partial charge in [0.2, 0.25) is 11.7 Å². The average molecular weight is 287 g/mol. The molecule has 21 heavy (non-hydrogen) atoms. The fourth-order valence-electron chi connectivity index (χ4n) is 2.92. The zero-order valence-electron chi connectivity index (χ0n) is 12.5. The van der Waals surface area contributed by atoms with Crippen LogP contribution in [0.1, 0.15) is 50.2 Å². The third-order valence-electron chi connectivity index (χ3n) is 4.02. The Bertz CT molecular complexity index is 589. The fourth-order valence-corrected chi connectivity index (χ4v) is 2.92. The quantitative estimate of drug-likeness (QED) is 0.931. The van der Waals surface area contributed by atoms with Gasteiger partial charge in [-0.1, -0.05) is 12.1 Å². The van der Waals surface area contributed by atoms with Gasteiger partial charge in [0.15, 0.2) is 0 Å². The highest BCUT2D eigenvalue weighted by molar-refractivity contribution is 5.47. The van der Waals surface area contributed by atoms with E-state index >= 15 is 0 Å². The summed E-state index contributed by atoms with van der Waals surface area (Å²) in [6, 6.07) is 2.45. The van der Waals surface area contributed by atoms with E-state index in [2.05, 4.69) is 32.3 Å². The van der Waals surface area contributed by atoms with Crippen molar-refractivity contribution in [3.8, 4) is 11.5 Å². The zero-order chi connectivity index (χ0) is 14.7. The minimum absolute atomic E-state index is 0.379. The van der Waals surface area contributed by atoms with Crippen LogP contribution in [0.15, 0.2) is 16.8 Å². The predicted octanol–water partition coefficient (Wildman–Crippen LogP) is 2.47. The molecule has 1 N–H and O–H groups in total. The van der Waals surface area contributed by atoms with Crippen molar-refractivity contribution in [3.63, 3.8) is 0 Å². The molecule has 0 saturated heterocycles. The van der Waals surface area contributed by atoms with Crippen molar-refractivity contribution in [2.75, 3.05) is 6.54 Å². The van der Waals surface area contributed by atoms with Gasteiger partial charge in [-0.2, -0.15) is 4.98 Å². The first kappa shape index (κ1) is 14.1. The van der Waals surface area contributed by atoms with E-state index in [1.807, 2.05) is 13.0 Å². The van der Waals surface area contributed by atoms with E-state index < -0.39 is 0 Å². The molecule has 0 amide bonds. The van der Waals surface area contributed by atoms with E-state index in [0.717, 1.165) is 31.0 Å². The average Bonchev–Trinajstić information content (AvgIpc) is 2.98. The Hall–Kier alpha value is -1.82. The summed E-state index contributed by atoms with van der Waals surface area (Å²) in [4.78, 5) is 12.9. The highest BCUT2D eigenvalue weighted by Crippen LogP contribution is 2.32. The van der Waals surface area contributed by atoms with Crippen molar-refractivity contribution in [2.45, 2.75) is 51.5 Å².